The van der Waals surface area contributed by atoms with Crippen molar-refractivity contribution in [2.45, 2.75) is 33.6 Å². The number of amides is 1. The third-order valence-electron chi connectivity index (χ3n) is 3.03. The summed E-state index contributed by atoms with van der Waals surface area (Å²) in [5, 5.41) is 2.51. The first kappa shape index (κ1) is 16.9. The third kappa shape index (κ3) is 6.21. The number of benzene rings is 1. The molecule has 21 heavy (non-hydrogen) atoms. The van der Waals surface area contributed by atoms with Crippen molar-refractivity contribution in [3.63, 3.8) is 0 Å². The van der Waals surface area contributed by atoms with Crippen LogP contribution in [0, 0.1) is 13.8 Å². The van der Waals surface area contributed by atoms with Gasteiger partial charge in [0.05, 0.1) is 0 Å². The van der Waals surface area contributed by atoms with Gasteiger partial charge in [-0.3, -0.25) is 9.78 Å². The molecule has 1 N–H and O–H groups in total. The largest absolute Gasteiger partial charge is 0.354 e. The smallest absolute Gasteiger partial charge is 0.269 e. The summed E-state index contributed by atoms with van der Waals surface area (Å²) >= 11 is 0. The molecule has 0 radical (unpaired) electrons. The molecule has 112 valence electrons. The molecule has 3 heteroatoms. The number of carbonyl (C=O) groups excluding carboxylic acids is 1. The van der Waals surface area contributed by atoms with E-state index in [4.69, 9.17) is 0 Å². The quantitative estimate of drug-likeness (QED) is 0.934. The van der Waals surface area contributed by atoms with Crippen molar-refractivity contribution < 1.29 is 4.79 Å². The number of nitrogens with zero attached hydrogens (tertiary/aromatic N) is 1. The lowest BCUT2D eigenvalue weighted by molar-refractivity contribution is 0.0958. The summed E-state index contributed by atoms with van der Waals surface area (Å²) in [4.78, 5) is 14.9. The van der Waals surface area contributed by atoms with Gasteiger partial charge in [-0.25, -0.2) is 0 Å². The highest BCUT2D eigenvalue weighted by atomic mass is 16.1. The Bertz CT molecular complexity index is 562. The molecule has 3 nitrogen and oxygen atoms in total. The molecule has 0 atom stereocenters. The third-order valence-corrected chi connectivity index (χ3v) is 3.03. The van der Waals surface area contributed by atoms with Crippen LogP contribution in [-0.4, -0.2) is 17.9 Å². The summed E-state index contributed by atoms with van der Waals surface area (Å²) in [5.41, 5.74) is 4.30. The minimum Gasteiger partial charge on any atom is -0.354 e. The summed E-state index contributed by atoms with van der Waals surface area (Å²) in [6, 6.07) is 12.4. The van der Waals surface area contributed by atoms with Crippen LogP contribution in [-0.2, 0) is 6.42 Å². The topological polar surface area (TPSA) is 42.0 Å². The van der Waals surface area contributed by atoms with Crippen LogP contribution in [0.3, 0.4) is 0 Å². The van der Waals surface area contributed by atoms with Gasteiger partial charge in [0.25, 0.3) is 5.91 Å². The minimum absolute atomic E-state index is 0.145. The second-order valence-electron chi connectivity index (χ2n) is 5.03. The zero-order valence-electron chi connectivity index (χ0n) is 13.3. The van der Waals surface area contributed by atoms with Crippen molar-refractivity contribution in [2.75, 3.05) is 7.05 Å². The second kappa shape index (κ2) is 8.90. The normalized spacial score (nSPS) is 9.52. The molecule has 2 aromatic rings. The maximum absolute atomic E-state index is 11.0. The molecule has 1 aromatic heterocycles. The van der Waals surface area contributed by atoms with Crippen LogP contribution in [0.2, 0.25) is 0 Å². The highest BCUT2D eigenvalue weighted by molar-refractivity contribution is 5.92. The predicted octanol–water partition coefficient (Wildman–Crippen LogP) is 3.70. The maximum Gasteiger partial charge on any atom is 0.269 e. The molecule has 0 unspecified atom stereocenters. The molecular formula is C18H24N2O. The first-order chi connectivity index (χ1) is 10.1. The lowest BCUT2D eigenvalue weighted by Crippen LogP contribution is -2.19. The van der Waals surface area contributed by atoms with E-state index in [0.717, 1.165) is 5.56 Å². The van der Waals surface area contributed by atoms with Crippen LogP contribution in [0.15, 0.2) is 42.6 Å². The van der Waals surface area contributed by atoms with Crippen molar-refractivity contribution >= 4 is 5.91 Å². The van der Waals surface area contributed by atoms with Gasteiger partial charge in [0, 0.05) is 13.2 Å². The summed E-state index contributed by atoms with van der Waals surface area (Å²) in [6.07, 6.45) is 4.07. The molecule has 0 saturated heterocycles. The maximum atomic E-state index is 11.0. The number of rotatable bonds is 3. The molecular weight excluding hydrogens is 260 g/mol. The number of carbonyl (C=O) groups is 1. The van der Waals surface area contributed by atoms with Crippen molar-refractivity contribution in [3.05, 3.63) is 65.0 Å². The van der Waals surface area contributed by atoms with Crippen LogP contribution in [0.4, 0.5) is 0 Å². The van der Waals surface area contributed by atoms with Gasteiger partial charge in [-0.2, -0.15) is 0 Å². The monoisotopic (exact) mass is 284 g/mol. The Balaban J connectivity index is 0.000000211. The lowest BCUT2D eigenvalue weighted by Gasteiger charge is -1.98. The SMILES string of the molecule is CCCc1ccc(C)cc1.CNC(=O)c1cc(C)ccn1. The average molecular weight is 284 g/mol. The van der Waals surface area contributed by atoms with Gasteiger partial charge in [-0.05, 0) is 43.5 Å². The zero-order chi connectivity index (χ0) is 15.7. The van der Waals surface area contributed by atoms with Crippen molar-refractivity contribution in [1.29, 1.82) is 0 Å². The van der Waals surface area contributed by atoms with Crippen LogP contribution >= 0.6 is 0 Å². The molecule has 1 amide bonds. The fourth-order valence-electron chi connectivity index (χ4n) is 1.83. The van der Waals surface area contributed by atoms with Crippen molar-refractivity contribution in [2.24, 2.45) is 0 Å². The molecule has 1 aromatic carbocycles. The predicted molar refractivity (Wildman–Crippen MR) is 87.5 cm³/mol. The molecule has 0 aliphatic rings. The molecule has 2 rings (SSSR count). The average Bonchev–Trinajstić information content (AvgIpc) is 2.50. The Morgan fingerprint density at radius 3 is 2.29 bits per heavy atom. The standard InChI is InChI=1S/C10H14.C8H10N2O/c1-3-4-10-7-5-9(2)6-8-10;1-6-3-4-10-7(5-6)8(11)9-2/h5-8H,3-4H2,1-2H3;3-5H,1-2H3,(H,9,11). The summed E-state index contributed by atoms with van der Waals surface area (Å²) in [6.45, 7) is 6.25. The Labute approximate surface area is 127 Å². The minimum atomic E-state index is -0.145. The van der Waals surface area contributed by atoms with E-state index in [1.165, 1.54) is 24.0 Å². The van der Waals surface area contributed by atoms with Gasteiger partial charge in [0.15, 0.2) is 0 Å². The van der Waals surface area contributed by atoms with Crippen molar-refractivity contribution in [3.8, 4) is 0 Å². The molecule has 0 aliphatic heterocycles. The van der Waals surface area contributed by atoms with E-state index >= 15 is 0 Å². The van der Waals surface area contributed by atoms with E-state index in [9.17, 15) is 4.79 Å². The number of nitrogens with one attached hydrogen (secondary N) is 1. The van der Waals surface area contributed by atoms with Crippen LogP contribution in [0.5, 0.6) is 0 Å². The Morgan fingerprint density at radius 1 is 1.10 bits per heavy atom. The summed E-state index contributed by atoms with van der Waals surface area (Å²) in [7, 11) is 1.59. The highest BCUT2D eigenvalue weighted by Crippen LogP contribution is 2.04. The Morgan fingerprint density at radius 2 is 1.76 bits per heavy atom. The van der Waals surface area contributed by atoms with Crippen LogP contribution in [0.1, 0.15) is 40.5 Å². The molecule has 0 saturated carbocycles. The molecule has 1 heterocycles. The molecule has 0 fully saturated rings. The van der Waals surface area contributed by atoms with E-state index in [-0.39, 0.29) is 5.91 Å². The second-order valence-corrected chi connectivity index (χ2v) is 5.03. The lowest BCUT2D eigenvalue weighted by atomic mass is 10.1. The van der Waals surface area contributed by atoms with Gasteiger partial charge in [0.2, 0.25) is 0 Å². The van der Waals surface area contributed by atoms with E-state index in [1.54, 1.807) is 19.3 Å². The van der Waals surface area contributed by atoms with Gasteiger partial charge in [-0.15, -0.1) is 0 Å². The Kier molecular flexibility index (Phi) is 7.16. The summed E-state index contributed by atoms with van der Waals surface area (Å²) < 4.78 is 0. The number of pyridine rings is 1. The molecule has 0 bridgehead atoms. The van der Waals surface area contributed by atoms with E-state index in [2.05, 4.69) is 48.4 Å². The first-order valence-corrected chi connectivity index (χ1v) is 7.27. The number of aryl methyl sites for hydroxylation is 3. The van der Waals surface area contributed by atoms with Gasteiger partial charge in [-0.1, -0.05) is 43.2 Å². The molecule has 0 aliphatic carbocycles. The fraction of sp³-hybridized carbons (Fsp3) is 0.333. The summed E-state index contributed by atoms with van der Waals surface area (Å²) in [5.74, 6) is -0.145. The number of aromatic nitrogens is 1. The van der Waals surface area contributed by atoms with E-state index in [0.29, 0.717) is 5.69 Å². The van der Waals surface area contributed by atoms with E-state index < -0.39 is 0 Å². The highest BCUT2D eigenvalue weighted by Gasteiger charge is 2.02. The van der Waals surface area contributed by atoms with Gasteiger partial charge in [0.1, 0.15) is 5.69 Å². The number of hydrogen-bond acceptors (Lipinski definition) is 2. The van der Waals surface area contributed by atoms with Crippen molar-refractivity contribution in [1.82, 2.24) is 10.3 Å². The van der Waals surface area contributed by atoms with E-state index in [1.807, 2.05) is 13.0 Å². The fourth-order valence-corrected chi connectivity index (χ4v) is 1.83. The van der Waals surface area contributed by atoms with Gasteiger partial charge < -0.3 is 5.32 Å². The first-order valence-electron chi connectivity index (χ1n) is 7.27. The zero-order valence-corrected chi connectivity index (χ0v) is 13.3. The molecule has 0 spiro atoms. The van der Waals surface area contributed by atoms with Gasteiger partial charge >= 0.3 is 0 Å². The number of hydrogen-bond donors (Lipinski definition) is 1. The van der Waals surface area contributed by atoms with Crippen LogP contribution in [0.25, 0.3) is 0 Å². The van der Waals surface area contributed by atoms with Crippen LogP contribution < -0.4 is 5.32 Å². The Hall–Kier alpha value is -2.16.